The number of hydrogen-bond acceptors (Lipinski definition) is 8. The molecular formula is C34H34N4O2S2. The molecule has 0 aliphatic rings. The lowest BCUT2D eigenvalue weighted by atomic mass is 10.1. The summed E-state index contributed by atoms with van der Waals surface area (Å²) in [5.41, 5.74) is 6.28. The summed E-state index contributed by atoms with van der Waals surface area (Å²) >= 11 is 3.44. The Hall–Kier alpha value is -3.56. The van der Waals surface area contributed by atoms with Gasteiger partial charge in [-0.3, -0.25) is 0 Å². The number of benzene rings is 4. The maximum Gasteiger partial charge on any atom is 0.0866 e. The normalized spacial score (nSPS) is 11.6. The smallest absolute Gasteiger partial charge is 0.0866 e. The molecule has 6 aromatic rings. The van der Waals surface area contributed by atoms with Crippen molar-refractivity contribution in [2.75, 3.05) is 62.7 Å². The zero-order chi connectivity index (χ0) is 28.7. The van der Waals surface area contributed by atoms with Crippen LogP contribution >= 0.6 is 23.5 Å². The van der Waals surface area contributed by atoms with Crippen LogP contribution < -0.4 is 10.6 Å². The van der Waals surface area contributed by atoms with E-state index in [4.69, 9.17) is 19.4 Å². The molecule has 0 aliphatic heterocycles. The third kappa shape index (κ3) is 5.99. The highest BCUT2D eigenvalue weighted by molar-refractivity contribution is 7.99. The van der Waals surface area contributed by atoms with Gasteiger partial charge in [0.05, 0.1) is 59.9 Å². The number of nitrogens with zero attached hydrogens (tertiary/aromatic N) is 2. The maximum atomic E-state index is 5.89. The van der Waals surface area contributed by atoms with Crippen molar-refractivity contribution in [3.63, 3.8) is 0 Å². The summed E-state index contributed by atoms with van der Waals surface area (Å²) in [4.78, 5) is 12.2. The van der Waals surface area contributed by atoms with Crippen molar-refractivity contribution >= 4 is 78.5 Å². The van der Waals surface area contributed by atoms with Gasteiger partial charge >= 0.3 is 0 Å². The Morgan fingerprint density at radius 3 is 1.40 bits per heavy atom. The van der Waals surface area contributed by atoms with E-state index < -0.39 is 0 Å². The number of anilines is 2. The molecule has 0 bridgehead atoms. The van der Waals surface area contributed by atoms with Gasteiger partial charge in [-0.05, 0) is 36.8 Å². The molecule has 42 heavy (non-hydrogen) atoms. The fourth-order valence-corrected chi connectivity index (χ4v) is 6.43. The van der Waals surface area contributed by atoms with Crippen molar-refractivity contribution < 1.29 is 9.47 Å². The van der Waals surface area contributed by atoms with Gasteiger partial charge in [0.25, 0.3) is 0 Å². The minimum atomic E-state index is 0.550. The molecule has 6 nitrogen and oxygen atoms in total. The van der Waals surface area contributed by atoms with Crippen LogP contribution in [-0.4, -0.2) is 62.0 Å². The van der Waals surface area contributed by atoms with Crippen LogP contribution in [0, 0.1) is 0 Å². The zero-order valence-electron chi connectivity index (χ0n) is 23.9. The molecule has 0 spiro atoms. The number of hydrogen-bond donors (Lipinski definition) is 2. The second-order valence-electron chi connectivity index (χ2n) is 9.80. The third-order valence-corrected chi connectivity index (χ3v) is 8.79. The van der Waals surface area contributed by atoms with Crippen LogP contribution in [0.25, 0.3) is 43.6 Å². The molecule has 0 unspecified atom stereocenters. The first-order valence-electron chi connectivity index (χ1n) is 14.1. The Morgan fingerprint density at radius 2 is 0.952 bits per heavy atom. The van der Waals surface area contributed by atoms with Gasteiger partial charge in [0.15, 0.2) is 0 Å². The van der Waals surface area contributed by atoms with Crippen LogP contribution in [0.3, 0.4) is 0 Å². The van der Waals surface area contributed by atoms with E-state index in [2.05, 4.69) is 95.9 Å². The van der Waals surface area contributed by atoms with Gasteiger partial charge in [-0.1, -0.05) is 60.7 Å². The van der Waals surface area contributed by atoms with Crippen LogP contribution in [-0.2, 0) is 9.47 Å². The summed E-state index contributed by atoms with van der Waals surface area (Å²) in [5, 5.41) is 11.8. The quantitative estimate of drug-likeness (QED) is 0.0790. The van der Waals surface area contributed by atoms with E-state index in [0.29, 0.717) is 39.5 Å². The van der Waals surface area contributed by atoms with E-state index in [0.717, 1.165) is 55.0 Å². The number of aromatic nitrogens is 2. The highest BCUT2D eigenvalue weighted by atomic mass is 32.2. The van der Waals surface area contributed by atoms with Gasteiger partial charge in [-0.2, -0.15) is 0 Å². The average molecular weight is 595 g/mol. The number of ether oxygens (including phenoxy) is 2. The Bertz CT molecular complexity index is 1710. The lowest BCUT2D eigenvalue weighted by Gasteiger charge is -2.15. The fraction of sp³-hybridized carbons (Fsp3) is 0.235. The van der Waals surface area contributed by atoms with Crippen molar-refractivity contribution in [2.45, 2.75) is 9.79 Å². The summed E-state index contributed by atoms with van der Waals surface area (Å²) < 4.78 is 11.8. The lowest BCUT2D eigenvalue weighted by molar-refractivity contribution is 0.0557. The topological polar surface area (TPSA) is 68.3 Å². The molecule has 0 saturated heterocycles. The average Bonchev–Trinajstić information content (AvgIpc) is 3.04. The Morgan fingerprint density at radius 1 is 0.524 bits per heavy atom. The largest absolute Gasteiger partial charge is 0.382 e. The summed E-state index contributed by atoms with van der Waals surface area (Å²) in [6.07, 6.45) is 4.18. The first-order valence-corrected chi connectivity index (χ1v) is 16.6. The number of rotatable bonds is 13. The molecule has 214 valence electrons. The second kappa shape index (κ2) is 13.6. The Balaban J connectivity index is 0.996. The van der Waals surface area contributed by atoms with E-state index in [1.165, 1.54) is 9.79 Å². The van der Waals surface area contributed by atoms with Gasteiger partial charge in [0.2, 0.25) is 0 Å². The zero-order valence-corrected chi connectivity index (χ0v) is 25.5. The number of fused-ring (bicyclic) bond motifs is 4. The monoisotopic (exact) mass is 594 g/mol. The van der Waals surface area contributed by atoms with E-state index in [1.54, 1.807) is 23.5 Å². The third-order valence-electron chi connectivity index (χ3n) is 7.26. The molecule has 2 N–H and O–H groups in total. The van der Waals surface area contributed by atoms with Gasteiger partial charge in [-0.25, -0.2) is 9.97 Å². The first kappa shape index (κ1) is 28.6. The van der Waals surface area contributed by atoms with Gasteiger partial charge < -0.3 is 20.1 Å². The molecule has 8 heteroatoms. The first-order chi connectivity index (χ1) is 20.8. The van der Waals surface area contributed by atoms with Crippen LogP contribution in [0.5, 0.6) is 0 Å². The van der Waals surface area contributed by atoms with Crippen LogP contribution in [0.1, 0.15) is 0 Å². The molecule has 2 aromatic heterocycles. The number of nitrogens with one attached hydrogen (secondary N) is 2. The van der Waals surface area contributed by atoms with Crippen molar-refractivity contribution in [1.29, 1.82) is 0 Å². The molecule has 0 radical (unpaired) electrons. The van der Waals surface area contributed by atoms with Crippen LogP contribution in [0.2, 0.25) is 0 Å². The molecule has 2 heterocycles. The molecule has 0 fully saturated rings. The van der Waals surface area contributed by atoms with Crippen LogP contribution in [0.4, 0.5) is 11.4 Å². The van der Waals surface area contributed by atoms with E-state index >= 15 is 0 Å². The predicted molar refractivity (Wildman–Crippen MR) is 181 cm³/mol. The van der Waals surface area contributed by atoms with Crippen molar-refractivity contribution in [3.05, 3.63) is 84.9 Å². The van der Waals surface area contributed by atoms with Crippen molar-refractivity contribution in [2.24, 2.45) is 0 Å². The second-order valence-corrected chi connectivity index (χ2v) is 11.5. The lowest BCUT2D eigenvalue weighted by Crippen LogP contribution is -2.15. The number of pyridine rings is 2. The van der Waals surface area contributed by atoms with Crippen molar-refractivity contribution in [1.82, 2.24) is 9.97 Å². The minimum Gasteiger partial charge on any atom is -0.382 e. The van der Waals surface area contributed by atoms with Crippen LogP contribution in [0.15, 0.2) is 94.7 Å². The van der Waals surface area contributed by atoms with Gasteiger partial charge in [0, 0.05) is 44.4 Å². The molecular weight excluding hydrogens is 561 g/mol. The number of para-hydroxylation sites is 4. The Kier molecular flexibility index (Phi) is 9.25. The Labute approximate surface area is 254 Å². The SMILES string of the molecule is CSc1cccc2c(NCCOCCOCCNc3c4ccccc4nc4c(SC)cccc34)c3ccccc3nc12. The molecule has 0 amide bonds. The summed E-state index contributed by atoms with van der Waals surface area (Å²) in [5.74, 6) is 0. The molecule has 0 saturated carbocycles. The highest BCUT2D eigenvalue weighted by Crippen LogP contribution is 2.36. The predicted octanol–water partition coefficient (Wildman–Crippen LogP) is 8.09. The minimum absolute atomic E-state index is 0.550. The summed E-state index contributed by atoms with van der Waals surface area (Å²) in [6, 6.07) is 29.3. The standard InChI is InChI=1S/C34H34N4O2S2/c1-41-29-15-7-11-25-31(23-9-3-5-13-27(23)37-33(25)29)35-17-19-39-21-22-40-20-18-36-32-24-10-4-6-14-28(24)38-34-26(32)12-8-16-30(34)42-2/h3-16H,17-22H2,1-2H3,(H,35,37)(H,36,38). The summed E-state index contributed by atoms with van der Waals surface area (Å²) in [6.45, 7) is 3.69. The van der Waals surface area contributed by atoms with Gasteiger partial charge in [-0.15, -0.1) is 23.5 Å². The van der Waals surface area contributed by atoms with Gasteiger partial charge in [0.1, 0.15) is 0 Å². The summed E-state index contributed by atoms with van der Waals surface area (Å²) in [7, 11) is 0. The molecule has 0 aliphatic carbocycles. The molecule has 0 atom stereocenters. The molecule has 6 rings (SSSR count). The van der Waals surface area contributed by atoms with E-state index in [-0.39, 0.29) is 0 Å². The van der Waals surface area contributed by atoms with E-state index in [1.807, 2.05) is 12.1 Å². The fourth-order valence-electron chi connectivity index (χ4n) is 5.30. The highest BCUT2D eigenvalue weighted by Gasteiger charge is 2.12. The van der Waals surface area contributed by atoms with E-state index in [9.17, 15) is 0 Å². The van der Waals surface area contributed by atoms with Crippen molar-refractivity contribution in [3.8, 4) is 0 Å². The maximum absolute atomic E-state index is 5.89. The number of thioether (sulfide) groups is 2. The molecule has 4 aromatic carbocycles.